The van der Waals surface area contributed by atoms with E-state index in [0.29, 0.717) is 6.54 Å². The van der Waals surface area contributed by atoms with E-state index in [4.69, 9.17) is 4.74 Å². The summed E-state index contributed by atoms with van der Waals surface area (Å²) >= 11 is 0. The van der Waals surface area contributed by atoms with Gasteiger partial charge in [-0.1, -0.05) is 50.1 Å². The van der Waals surface area contributed by atoms with Gasteiger partial charge in [0, 0.05) is 31.9 Å². The number of tetrazole rings is 1. The van der Waals surface area contributed by atoms with Gasteiger partial charge in [0.05, 0.1) is 19.7 Å². The fourth-order valence-electron chi connectivity index (χ4n) is 4.28. The van der Waals surface area contributed by atoms with Crippen molar-refractivity contribution in [2.24, 2.45) is 0 Å². The largest absolute Gasteiger partial charge is 0.497 e. The molecule has 1 fully saturated rings. The lowest BCUT2D eigenvalue weighted by Gasteiger charge is -2.39. The molecule has 2 aromatic carbocycles. The van der Waals surface area contributed by atoms with Crippen molar-refractivity contribution in [2.75, 3.05) is 38.2 Å². The molecule has 0 amide bonds. The zero-order valence-corrected chi connectivity index (χ0v) is 18.5. The van der Waals surface area contributed by atoms with Crippen LogP contribution in [0.25, 0.3) is 0 Å². The highest BCUT2D eigenvalue weighted by atomic mass is 16.5. The van der Waals surface area contributed by atoms with Gasteiger partial charge in [0.15, 0.2) is 5.82 Å². The summed E-state index contributed by atoms with van der Waals surface area (Å²) in [4.78, 5) is 5.00. The molecule has 0 spiro atoms. The number of hydrogen-bond donors (Lipinski definition) is 0. The first-order chi connectivity index (χ1) is 15.3. The molecule has 1 aliphatic rings. The van der Waals surface area contributed by atoms with Gasteiger partial charge in [-0.05, 0) is 46.7 Å². The minimum Gasteiger partial charge on any atom is -0.497 e. The summed E-state index contributed by atoms with van der Waals surface area (Å²) in [7, 11) is 1.70. The normalized spacial score (nSPS) is 15.7. The van der Waals surface area contributed by atoms with Gasteiger partial charge >= 0.3 is 0 Å². The van der Waals surface area contributed by atoms with Crippen molar-refractivity contribution in [2.45, 2.75) is 38.8 Å². The predicted molar refractivity (Wildman–Crippen MR) is 122 cm³/mol. The molecular weight excluding hydrogens is 388 g/mol. The molecule has 3 aromatic rings. The van der Waals surface area contributed by atoms with Crippen LogP contribution < -0.4 is 9.64 Å². The standard InChI is InChI=1S/C24H32N6O/c1-3-4-10-23(24-25-26-27-30(24)19-20-8-6-5-7-9-20)29-17-15-28(16-18-29)21-11-13-22(31-2)14-12-21/h5-9,11-14,23H,3-4,10,15-19H2,1-2H3. The van der Waals surface area contributed by atoms with Crippen LogP contribution in [0.4, 0.5) is 5.69 Å². The molecule has 0 saturated carbocycles. The van der Waals surface area contributed by atoms with E-state index in [1.165, 1.54) is 24.1 Å². The van der Waals surface area contributed by atoms with Crippen LogP contribution in [0.1, 0.15) is 43.6 Å². The number of unbranched alkanes of at least 4 members (excludes halogenated alkanes) is 1. The van der Waals surface area contributed by atoms with E-state index in [-0.39, 0.29) is 6.04 Å². The van der Waals surface area contributed by atoms with Crippen LogP contribution in [0.15, 0.2) is 54.6 Å². The van der Waals surface area contributed by atoms with Crippen LogP contribution in [0, 0.1) is 0 Å². The number of piperazine rings is 1. The van der Waals surface area contributed by atoms with Crippen molar-refractivity contribution in [3.63, 3.8) is 0 Å². The number of methoxy groups -OCH3 is 1. The molecule has 0 aliphatic carbocycles. The van der Waals surface area contributed by atoms with Crippen LogP contribution in [-0.4, -0.2) is 58.4 Å². The van der Waals surface area contributed by atoms with Gasteiger partial charge in [-0.25, -0.2) is 4.68 Å². The molecule has 0 radical (unpaired) electrons. The maximum absolute atomic E-state index is 5.29. The summed E-state index contributed by atoms with van der Waals surface area (Å²) in [6.07, 6.45) is 3.42. The van der Waals surface area contributed by atoms with Crippen molar-refractivity contribution < 1.29 is 4.74 Å². The van der Waals surface area contributed by atoms with E-state index in [2.05, 4.69) is 68.6 Å². The Hall–Kier alpha value is -2.93. The molecule has 7 heteroatoms. The number of aromatic nitrogens is 4. The molecule has 1 atom stereocenters. The quantitative estimate of drug-likeness (QED) is 0.525. The van der Waals surface area contributed by atoms with Gasteiger partial charge in [0.2, 0.25) is 0 Å². The number of ether oxygens (including phenoxy) is 1. The fourth-order valence-corrected chi connectivity index (χ4v) is 4.28. The molecule has 7 nitrogen and oxygen atoms in total. The summed E-state index contributed by atoms with van der Waals surface area (Å²) < 4.78 is 7.27. The molecule has 164 valence electrons. The van der Waals surface area contributed by atoms with E-state index in [0.717, 1.165) is 44.2 Å². The van der Waals surface area contributed by atoms with Crippen molar-refractivity contribution in [3.05, 3.63) is 66.0 Å². The molecular formula is C24H32N6O. The van der Waals surface area contributed by atoms with Crippen LogP contribution in [0.3, 0.4) is 0 Å². The summed E-state index contributed by atoms with van der Waals surface area (Å²) in [6, 6.07) is 19.0. The molecule has 31 heavy (non-hydrogen) atoms. The zero-order chi connectivity index (χ0) is 21.5. The maximum atomic E-state index is 5.29. The highest BCUT2D eigenvalue weighted by molar-refractivity contribution is 5.49. The number of benzene rings is 2. The topological polar surface area (TPSA) is 59.3 Å². The zero-order valence-electron chi connectivity index (χ0n) is 18.5. The van der Waals surface area contributed by atoms with Crippen molar-refractivity contribution in [3.8, 4) is 5.75 Å². The Labute approximate surface area is 184 Å². The smallest absolute Gasteiger partial charge is 0.168 e. The van der Waals surface area contributed by atoms with E-state index in [9.17, 15) is 0 Å². The lowest BCUT2D eigenvalue weighted by atomic mass is 10.1. The Morgan fingerprint density at radius 2 is 1.71 bits per heavy atom. The second-order valence-electron chi connectivity index (χ2n) is 8.06. The Morgan fingerprint density at radius 1 is 0.968 bits per heavy atom. The first kappa shape index (κ1) is 21.3. The third-order valence-electron chi connectivity index (χ3n) is 6.06. The SMILES string of the molecule is CCCCC(c1nnnn1Cc1ccccc1)N1CCN(c2ccc(OC)cc2)CC1. The second kappa shape index (κ2) is 10.4. The maximum Gasteiger partial charge on any atom is 0.168 e. The van der Waals surface area contributed by atoms with Crippen LogP contribution >= 0.6 is 0 Å². The van der Waals surface area contributed by atoms with Crippen molar-refractivity contribution >= 4 is 5.69 Å². The number of anilines is 1. The Balaban J connectivity index is 1.46. The minimum atomic E-state index is 0.247. The van der Waals surface area contributed by atoms with Crippen LogP contribution in [-0.2, 0) is 6.54 Å². The monoisotopic (exact) mass is 420 g/mol. The van der Waals surface area contributed by atoms with E-state index in [1.54, 1.807) is 7.11 Å². The average molecular weight is 421 g/mol. The first-order valence-corrected chi connectivity index (χ1v) is 11.2. The molecule has 1 aliphatic heterocycles. The predicted octanol–water partition coefficient (Wildman–Crippen LogP) is 3.78. The van der Waals surface area contributed by atoms with E-state index < -0.39 is 0 Å². The van der Waals surface area contributed by atoms with Crippen LogP contribution in [0.2, 0.25) is 0 Å². The fraction of sp³-hybridized carbons (Fsp3) is 0.458. The molecule has 1 saturated heterocycles. The van der Waals surface area contributed by atoms with Crippen LogP contribution in [0.5, 0.6) is 5.75 Å². The van der Waals surface area contributed by atoms with Crippen molar-refractivity contribution in [1.82, 2.24) is 25.1 Å². The van der Waals surface area contributed by atoms with Gasteiger partial charge in [-0.2, -0.15) is 0 Å². The Morgan fingerprint density at radius 3 is 2.39 bits per heavy atom. The minimum absolute atomic E-state index is 0.247. The molecule has 0 bridgehead atoms. The summed E-state index contributed by atoms with van der Waals surface area (Å²) in [6.45, 7) is 6.94. The van der Waals surface area contributed by atoms with Crippen molar-refractivity contribution in [1.29, 1.82) is 0 Å². The number of nitrogens with zero attached hydrogens (tertiary/aromatic N) is 6. The highest BCUT2D eigenvalue weighted by Crippen LogP contribution is 2.28. The van der Waals surface area contributed by atoms with E-state index in [1.807, 2.05) is 22.9 Å². The Kier molecular flexibility index (Phi) is 7.14. The number of hydrogen-bond acceptors (Lipinski definition) is 6. The first-order valence-electron chi connectivity index (χ1n) is 11.2. The van der Waals surface area contributed by atoms with Gasteiger partial charge in [0.25, 0.3) is 0 Å². The lowest BCUT2D eigenvalue weighted by molar-refractivity contribution is 0.163. The lowest BCUT2D eigenvalue weighted by Crippen LogP contribution is -2.48. The average Bonchev–Trinajstić information content (AvgIpc) is 3.28. The number of rotatable bonds is 9. The van der Waals surface area contributed by atoms with E-state index >= 15 is 0 Å². The highest BCUT2D eigenvalue weighted by Gasteiger charge is 2.29. The summed E-state index contributed by atoms with van der Waals surface area (Å²) in [5, 5.41) is 12.8. The molecule has 4 rings (SSSR count). The third-order valence-corrected chi connectivity index (χ3v) is 6.06. The molecule has 1 unspecified atom stereocenters. The summed E-state index contributed by atoms with van der Waals surface area (Å²) in [5.74, 6) is 1.88. The second-order valence-corrected chi connectivity index (χ2v) is 8.06. The third kappa shape index (κ3) is 5.22. The molecule has 1 aromatic heterocycles. The Bertz CT molecular complexity index is 919. The summed E-state index contributed by atoms with van der Waals surface area (Å²) in [5.41, 5.74) is 2.47. The van der Waals surface area contributed by atoms with Gasteiger partial charge in [-0.15, -0.1) is 5.10 Å². The molecule has 2 heterocycles. The van der Waals surface area contributed by atoms with Gasteiger partial charge in [0.1, 0.15) is 5.75 Å². The van der Waals surface area contributed by atoms with Gasteiger partial charge in [-0.3, -0.25) is 4.90 Å². The van der Waals surface area contributed by atoms with Gasteiger partial charge < -0.3 is 9.64 Å². The molecule has 0 N–H and O–H groups in total.